The highest BCUT2D eigenvalue weighted by molar-refractivity contribution is 7.92. The molecule has 35 heavy (non-hydrogen) atoms. The number of anilines is 1. The van der Waals surface area contributed by atoms with Crippen molar-refractivity contribution in [1.82, 2.24) is 10.2 Å². The molecule has 2 rings (SSSR count). The lowest BCUT2D eigenvalue weighted by molar-refractivity contribution is -0.139. The van der Waals surface area contributed by atoms with Gasteiger partial charge in [-0.15, -0.1) is 0 Å². The molecule has 0 radical (unpaired) electrons. The number of carbonyl (C=O) groups excluding carboxylic acids is 2. The summed E-state index contributed by atoms with van der Waals surface area (Å²) in [6, 6.07) is 11.9. The van der Waals surface area contributed by atoms with Gasteiger partial charge in [-0.2, -0.15) is 0 Å². The van der Waals surface area contributed by atoms with Gasteiger partial charge in [0.2, 0.25) is 21.8 Å². The van der Waals surface area contributed by atoms with Crippen molar-refractivity contribution in [3.63, 3.8) is 0 Å². The van der Waals surface area contributed by atoms with Crippen molar-refractivity contribution in [2.24, 2.45) is 0 Å². The molecule has 0 saturated carbocycles. The second-order valence-electron chi connectivity index (χ2n) is 8.95. The topological polar surface area (TPSA) is 96.0 Å². The standard InChI is InChI=1S/C26H37N3O5S/c1-8-20(4)27-26(31)21(5)28(16-22-12-9-18(2)10-13-22)25(30)17-29(35(7,32)33)23-15-19(3)11-14-24(23)34-6/h9-15,20-21H,8,16-17H2,1-7H3,(H,27,31)/t20-,21+/m0/s1. The van der Waals surface area contributed by atoms with Crippen molar-refractivity contribution < 1.29 is 22.7 Å². The molecule has 0 aromatic heterocycles. The quantitative estimate of drug-likeness (QED) is 0.507. The first-order valence-corrected chi connectivity index (χ1v) is 13.5. The number of hydrogen-bond acceptors (Lipinski definition) is 5. The summed E-state index contributed by atoms with van der Waals surface area (Å²) >= 11 is 0. The minimum absolute atomic E-state index is 0.0506. The number of nitrogens with zero attached hydrogens (tertiary/aromatic N) is 2. The molecule has 2 atom stereocenters. The fraction of sp³-hybridized carbons (Fsp3) is 0.462. The van der Waals surface area contributed by atoms with Gasteiger partial charge >= 0.3 is 0 Å². The molecule has 2 aromatic rings. The Morgan fingerprint density at radius 2 is 1.63 bits per heavy atom. The number of nitrogens with one attached hydrogen (secondary N) is 1. The highest BCUT2D eigenvalue weighted by Crippen LogP contribution is 2.31. The van der Waals surface area contributed by atoms with Crippen LogP contribution in [0.25, 0.3) is 0 Å². The number of methoxy groups -OCH3 is 1. The zero-order valence-corrected chi connectivity index (χ0v) is 22.5. The average Bonchev–Trinajstić information content (AvgIpc) is 2.80. The first-order chi connectivity index (χ1) is 16.4. The Balaban J connectivity index is 2.45. The molecule has 2 amide bonds. The van der Waals surface area contributed by atoms with Gasteiger partial charge in [0.1, 0.15) is 18.3 Å². The van der Waals surface area contributed by atoms with E-state index in [0.29, 0.717) is 5.75 Å². The van der Waals surface area contributed by atoms with Gasteiger partial charge in [-0.1, -0.05) is 42.8 Å². The summed E-state index contributed by atoms with van der Waals surface area (Å²) in [6.45, 7) is 9.00. The Morgan fingerprint density at radius 3 is 2.17 bits per heavy atom. The maximum Gasteiger partial charge on any atom is 0.244 e. The fourth-order valence-electron chi connectivity index (χ4n) is 3.53. The van der Waals surface area contributed by atoms with E-state index in [1.807, 2.05) is 52.0 Å². The SMILES string of the molecule is CC[C@H](C)NC(=O)[C@@H](C)N(Cc1ccc(C)cc1)C(=O)CN(c1cc(C)ccc1OC)S(C)(=O)=O. The Labute approximate surface area is 209 Å². The molecule has 0 unspecified atom stereocenters. The molecule has 8 nitrogen and oxygen atoms in total. The number of ether oxygens (including phenoxy) is 1. The van der Waals surface area contributed by atoms with Crippen molar-refractivity contribution in [3.8, 4) is 5.75 Å². The summed E-state index contributed by atoms with van der Waals surface area (Å²) in [4.78, 5) is 28.0. The van der Waals surface area contributed by atoms with Crippen molar-refractivity contribution in [1.29, 1.82) is 0 Å². The van der Waals surface area contributed by atoms with Crippen LogP contribution in [0.5, 0.6) is 5.75 Å². The maximum atomic E-state index is 13.6. The Kier molecular flexibility index (Phi) is 9.71. The third-order valence-corrected chi connectivity index (χ3v) is 7.05. The van der Waals surface area contributed by atoms with Gasteiger partial charge in [0.05, 0.1) is 19.1 Å². The number of rotatable bonds is 11. The van der Waals surface area contributed by atoms with Crippen LogP contribution >= 0.6 is 0 Å². The second-order valence-corrected chi connectivity index (χ2v) is 10.9. The Bertz CT molecular complexity index is 1130. The summed E-state index contributed by atoms with van der Waals surface area (Å²) in [5, 5.41) is 2.92. The van der Waals surface area contributed by atoms with Crippen LogP contribution in [-0.2, 0) is 26.2 Å². The first kappa shape index (κ1) is 28.2. The molecular weight excluding hydrogens is 466 g/mol. The molecule has 2 aromatic carbocycles. The van der Waals surface area contributed by atoms with E-state index in [0.717, 1.165) is 33.7 Å². The first-order valence-electron chi connectivity index (χ1n) is 11.6. The maximum absolute atomic E-state index is 13.6. The summed E-state index contributed by atoms with van der Waals surface area (Å²) in [5.74, 6) is -0.452. The Hall–Kier alpha value is -3.07. The lowest BCUT2D eigenvalue weighted by Gasteiger charge is -2.32. The predicted molar refractivity (Wildman–Crippen MR) is 139 cm³/mol. The average molecular weight is 504 g/mol. The third kappa shape index (κ3) is 7.71. The summed E-state index contributed by atoms with van der Waals surface area (Å²) < 4.78 is 31.9. The lowest BCUT2D eigenvalue weighted by atomic mass is 10.1. The van der Waals surface area contributed by atoms with E-state index in [1.165, 1.54) is 12.0 Å². The van der Waals surface area contributed by atoms with Crippen LogP contribution in [0.3, 0.4) is 0 Å². The van der Waals surface area contributed by atoms with Gasteiger partial charge in [-0.25, -0.2) is 8.42 Å². The van der Waals surface area contributed by atoms with E-state index >= 15 is 0 Å². The molecule has 9 heteroatoms. The number of aryl methyl sites for hydroxylation is 2. The fourth-order valence-corrected chi connectivity index (χ4v) is 4.37. The molecule has 1 N–H and O–H groups in total. The predicted octanol–water partition coefficient (Wildman–Crippen LogP) is 3.41. The zero-order chi connectivity index (χ0) is 26.3. The molecular formula is C26H37N3O5S. The largest absolute Gasteiger partial charge is 0.495 e. The third-order valence-electron chi connectivity index (χ3n) is 5.92. The monoisotopic (exact) mass is 503 g/mol. The van der Waals surface area contributed by atoms with Crippen LogP contribution in [0.1, 0.15) is 43.9 Å². The molecule has 0 aliphatic carbocycles. The molecule has 0 aliphatic heterocycles. The van der Waals surface area contributed by atoms with Gasteiger partial charge < -0.3 is 15.0 Å². The van der Waals surface area contributed by atoms with E-state index in [4.69, 9.17) is 4.74 Å². The summed E-state index contributed by atoms with van der Waals surface area (Å²) in [7, 11) is -2.39. The van der Waals surface area contributed by atoms with Gasteiger partial charge in [0.15, 0.2) is 0 Å². The van der Waals surface area contributed by atoms with Crippen LogP contribution in [-0.4, -0.2) is 57.1 Å². The molecule has 0 fully saturated rings. The zero-order valence-electron chi connectivity index (χ0n) is 21.7. The van der Waals surface area contributed by atoms with Crippen molar-refractivity contribution in [3.05, 3.63) is 59.2 Å². The number of hydrogen-bond donors (Lipinski definition) is 1. The van der Waals surface area contributed by atoms with Crippen LogP contribution in [0.4, 0.5) is 5.69 Å². The number of amides is 2. The van der Waals surface area contributed by atoms with E-state index in [9.17, 15) is 18.0 Å². The summed E-state index contributed by atoms with van der Waals surface area (Å²) in [6.07, 6.45) is 1.80. The van der Waals surface area contributed by atoms with Crippen LogP contribution in [0.2, 0.25) is 0 Å². The van der Waals surface area contributed by atoms with Crippen LogP contribution in [0, 0.1) is 13.8 Å². The minimum atomic E-state index is -3.84. The van der Waals surface area contributed by atoms with Crippen LogP contribution < -0.4 is 14.4 Å². The molecule has 192 valence electrons. The normalized spacial score (nSPS) is 13.0. The number of carbonyl (C=O) groups is 2. The number of sulfonamides is 1. The van der Waals surface area contributed by atoms with E-state index in [1.54, 1.807) is 25.1 Å². The summed E-state index contributed by atoms with van der Waals surface area (Å²) in [5.41, 5.74) is 3.00. The van der Waals surface area contributed by atoms with Crippen molar-refractivity contribution in [2.75, 3.05) is 24.2 Å². The van der Waals surface area contributed by atoms with E-state index in [-0.39, 0.29) is 24.2 Å². The van der Waals surface area contributed by atoms with Crippen molar-refractivity contribution in [2.45, 2.75) is 59.7 Å². The van der Waals surface area contributed by atoms with Gasteiger partial charge in [0, 0.05) is 12.6 Å². The van der Waals surface area contributed by atoms with Gasteiger partial charge in [-0.3, -0.25) is 13.9 Å². The minimum Gasteiger partial charge on any atom is -0.495 e. The van der Waals surface area contributed by atoms with Crippen LogP contribution in [0.15, 0.2) is 42.5 Å². The molecule has 0 saturated heterocycles. The van der Waals surface area contributed by atoms with Gasteiger partial charge in [0.25, 0.3) is 0 Å². The molecule has 0 spiro atoms. The smallest absolute Gasteiger partial charge is 0.244 e. The van der Waals surface area contributed by atoms with E-state index < -0.39 is 28.5 Å². The Morgan fingerprint density at radius 1 is 1.03 bits per heavy atom. The molecule has 0 bridgehead atoms. The molecule has 0 heterocycles. The highest BCUT2D eigenvalue weighted by atomic mass is 32.2. The lowest BCUT2D eigenvalue weighted by Crippen LogP contribution is -2.52. The number of benzene rings is 2. The second kappa shape index (κ2) is 12.1. The van der Waals surface area contributed by atoms with E-state index in [2.05, 4.69) is 5.32 Å². The highest BCUT2D eigenvalue weighted by Gasteiger charge is 2.31. The van der Waals surface area contributed by atoms with Gasteiger partial charge in [-0.05, 0) is 57.4 Å². The van der Waals surface area contributed by atoms with Crippen molar-refractivity contribution >= 4 is 27.5 Å². The molecule has 0 aliphatic rings.